The van der Waals surface area contributed by atoms with Crippen LogP contribution in [0.2, 0.25) is 0 Å². The van der Waals surface area contributed by atoms with Crippen molar-refractivity contribution >= 4 is 11.9 Å². The van der Waals surface area contributed by atoms with Gasteiger partial charge in [-0.1, -0.05) is 36.8 Å². The molecule has 1 fully saturated rings. The minimum Gasteiger partial charge on any atom is -0.461 e. The largest absolute Gasteiger partial charge is 0.461 e. The summed E-state index contributed by atoms with van der Waals surface area (Å²) in [5.41, 5.74) is 0.960. The number of piperidine rings is 1. The molecule has 0 aliphatic carbocycles. The molecule has 1 aliphatic heterocycles. The molecule has 0 bridgehead atoms. The second kappa shape index (κ2) is 8.42. The van der Waals surface area contributed by atoms with E-state index in [2.05, 4.69) is 10.6 Å². The Hall–Kier alpha value is -1.88. The fourth-order valence-electron chi connectivity index (χ4n) is 2.30. The van der Waals surface area contributed by atoms with Gasteiger partial charge in [-0.05, 0) is 24.9 Å². The van der Waals surface area contributed by atoms with E-state index in [1.165, 1.54) is 0 Å². The van der Waals surface area contributed by atoms with Crippen LogP contribution in [-0.2, 0) is 20.9 Å². The first-order valence-corrected chi connectivity index (χ1v) is 7.46. The lowest BCUT2D eigenvalue weighted by atomic mass is 10.0. The molecule has 21 heavy (non-hydrogen) atoms. The maximum Gasteiger partial charge on any atom is 0.307 e. The summed E-state index contributed by atoms with van der Waals surface area (Å²) < 4.78 is 5.15. The van der Waals surface area contributed by atoms with Crippen molar-refractivity contribution in [3.8, 4) is 0 Å². The molecule has 5 nitrogen and oxygen atoms in total. The van der Waals surface area contributed by atoms with Gasteiger partial charge in [0.15, 0.2) is 0 Å². The summed E-state index contributed by atoms with van der Waals surface area (Å²) in [6.45, 7) is 1.49. The molecule has 0 radical (unpaired) electrons. The Bertz CT molecular complexity index is 456. The number of ether oxygens (including phenoxy) is 1. The van der Waals surface area contributed by atoms with Gasteiger partial charge in [0, 0.05) is 6.54 Å². The minimum absolute atomic E-state index is 0.0226. The van der Waals surface area contributed by atoms with E-state index < -0.39 is 0 Å². The molecule has 5 heteroatoms. The second-order valence-electron chi connectivity index (χ2n) is 5.19. The van der Waals surface area contributed by atoms with Crippen LogP contribution in [0.15, 0.2) is 30.3 Å². The van der Waals surface area contributed by atoms with Crippen molar-refractivity contribution in [3.05, 3.63) is 35.9 Å². The first-order valence-electron chi connectivity index (χ1n) is 7.46. The van der Waals surface area contributed by atoms with Gasteiger partial charge in [-0.25, -0.2) is 0 Å². The molecule has 1 aromatic rings. The van der Waals surface area contributed by atoms with Crippen LogP contribution in [0, 0.1) is 0 Å². The molecule has 114 valence electrons. The van der Waals surface area contributed by atoms with Crippen LogP contribution in [0.25, 0.3) is 0 Å². The first-order chi connectivity index (χ1) is 10.3. The zero-order valence-electron chi connectivity index (χ0n) is 12.1. The second-order valence-corrected chi connectivity index (χ2v) is 5.19. The topological polar surface area (TPSA) is 67.4 Å². The van der Waals surface area contributed by atoms with Gasteiger partial charge in [-0.15, -0.1) is 0 Å². The maximum absolute atomic E-state index is 11.8. The highest BCUT2D eigenvalue weighted by Crippen LogP contribution is 2.06. The SMILES string of the molecule is O=C(CCNC(=O)[C@@H]1CCCCN1)OCc1ccccc1. The normalized spacial score (nSPS) is 18.0. The van der Waals surface area contributed by atoms with Crippen molar-refractivity contribution in [2.75, 3.05) is 13.1 Å². The average Bonchev–Trinajstić information content (AvgIpc) is 2.54. The van der Waals surface area contributed by atoms with Gasteiger partial charge in [0.1, 0.15) is 6.61 Å². The molecule has 0 saturated carbocycles. The van der Waals surface area contributed by atoms with E-state index in [1.54, 1.807) is 0 Å². The molecule has 0 unspecified atom stereocenters. The molecule has 1 amide bonds. The summed E-state index contributed by atoms with van der Waals surface area (Å²) >= 11 is 0. The molecule has 2 rings (SSSR count). The molecule has 1 atom stereocenters. The number of rotatable bonds is 6. The predicted molar refractivity (Wildman–Crippen MR) is 79.5 cm³/mol. The van der Waals surface area contributed by atoms with E-state index in [9.17, 15) is 9.59 Å². The van der Waals surface area contributed by atoms with Crippen molar-refractivity contribution in [1.82, 2.24) is 10.6 Å². The molecule has 0 aromatic heterocycles. The van der Waals surface area contributed by atoms with E-state index >= 15 is 0 Å². The molecule has 1 aromatic carbocycles. The van der Waals surface area contributed by atoms with E-state index in [-0.39, 0.29) is 30.9 Å². The number of hydrogen-bond donors (Lipinski definition) is 2. The third-order valence-electron chi connectivity index (χ3n) is 3.50. The third kappa shape index (κ3) is 5.55. The predicted octanol–water partition coefficient (Wildman–Crippen LogP) is 1.38. The lowest BCUT2D eigenvalue weighted by Crippen LogP contribution is -2.47. The smallest absolute Gasteiger partial charge is 0.307 e. The first kappa shape index (κ1) is 15.5. The highest BCUT2D eigenvalue weighted by molar-refractivity contribution is 5.82. The minimum atomic E-state index is -0.296. The number of hydrogen-bond acceptors (Lipinski definition) is 4. The Labute approximate surface area is 125 Å². The summed E-state index contributed by atoms with van der Waals surface area (Å²) in [5.74, 6) is -0.318. The Balaban J connectivity index is 1.59. The summed E-state index contributed by atoms with van der Waals surface area (Å²) in [7, 11) is 0. The molecular formula is C16H22N2O3. The fourth-order valence-corrected chi connectivity index (χ4v) is 2.30. The van der Waals surface area contributed by atoms with Crippen LogP contribution in [0.3, 0.4) is 0 Å². The standard InChI is InChI=1S/C16H22N2O3/c19-15(21-12-13-6-2-1-3-7-13)9-11-18-16(20)14-8-4-5-10-17-14/h1-3,6-7,14,17H,4-5,8-12H2,(H,18,20)/t14-/m0/s1. The zero-order chi connectivity index (χ0) is 14.9. The van der Waals surface area contributed by atoms with Crippen LogP contribution >= 0.6 is 0 Å². The third-order valence-corrected chi connectivity index (χ3v) is 3.50. The molecule has 0 spiro atoms. The Morgan fingerprint density at radius 3 is 2.76 bits per heavy atom. The van der Waals surface area contributed by atoms with Crippen LogP contribution in [0.1, 0.15) is 31.2 Å². The molecule has 1 aliphatic rings. The van der Waals surface area contributed by atoms with E-state index in [0.717, 1.165) is 31.4 Å². The summed E-state index contributed by atoms with van der Waals surface area (Å²) in [5, 5.41) is 5.95. The van der Waals surface area contributed by atoms with Gasteiger partial charge in [-0.2, -0.15) is 0 Å². The van der Waals surface area contributed by atoms with Crippen molar-refractivity contribution in [3.63, 3.8) is 0 Å². The van der Waals surface area contributed by atoms with Crippen molar-refractivity contribution in [2.45, 2.75) is 38.3 Å². The van der Waals surface area contributed by atoms with Crippen molar-refractivity contribution in [2.24, 2.45) is 0 Å². The molecule has 1 saturated heterocycles. The Morgan fingerprint density at radius 1 is 1.24 bits per heavy atom. The zero-order valence-corrected chi connectivity index (χ0v) is 12.1. The van der Waals surface area contributed by atoms with Crippen LogP contribution in [0.5, 0.6) is 0 Å². The van der Waals surface area contributed by atoms with Gasteiger partial charge >= 0.3 is 5.97 Å². The summed E-state index contributed by atoms with van der Waals surface area (Å²) in [6.07, 6.45) is 3.26. The van der Waals surface area contributed by atoms with Gasteiger partial charge in [0.25, 0.3) is 0 Å². The van der Waals surface area contributed by atoms with E-state index in [0.29, 0.717) is 6.54 Å². The highest BCUT2D eigenvalue weighted by Gasteiger charge is 2.20. The number of carbonyl (C=O) groups excluding carboxylic acids is 2. The number of esters is 1. The monoisotopic (exact) mass is 290 g/mol. The van der Waals surface area contributed by atoms with Gasteiger partial charge in [-0.3, -0.25) is 9.59 Å². The Morgan fingerprint density at radius 2 is 2.05 bits per heavy atom. The van der Waals surface area contributed by atoms with Crippen molar-refractivity contribution in [1.29, 1.82) is 0 Å². The van der Waals surface area contributed by atoms with E-state index in [1.807, 2.05) is 30.3 Å². The number of benzene rings is 1. The van der Waals surface area contributed by atoms with Gasteiger partial charge < -0.3 is 15.4 Å². The van der Waals surface area contributed by atoms with Gasteiger partial charge in [0.2, 0.25) is 5.91 Å². The van der Waals surface area contributed by atoms with Crippen molar-refractivity contribution < 1.29 is 14.3 Å². The fraction of sp³-hybridized carbons (Fsp3) is 0.500. The van der Waals surface area contributed by atoms with Crippen LogP contribution in [0.4, 0.5) is 0 Å². The lowest BCUT2D eigenvalue weighted by molar-refractivity contribution is -0.144. The number of nitrogens with one attached hydrogen (secondary N) is 2. The quantitative estimate of drug-likeness (QED) is 0.777. The number of carbonyl (C=O) groups is 2. The summed E-state index contributed by atoms with van der Waals surface area (Å²) in [4.78, 5) is 23.4. The summed E-state index contributed by atoms with van der Waals surface area (Å²) in [6, 6.07) is 9.42. The van der Waals surface area contributed by atoms with Crippen LogP contribution in [-0.4, -0.2) is 31.0 Å². The maximum atomic E-state index is 11.8. The highest BCUT2D eigenvalue weighted by atomic mass is 16.5. The van der Waals surface area contributed by atoms with E-state index in [4.69, 9.17) is 4.74 Å². The van der Waals surface area contributed by atoms with Crippen LogP contribution < -0.4 is 10.6 Å². The van der Waals surface area contributed by atoms with Gasteiger partial charge in [0.05, 0.1) is 12.5 Å². The number of amides is 1. The Kier molecular flexibility index (Phi) is 6.22. The lowest BCUT2D eigenvalue weighted by Gasteiger charge is -2.22. The molecule has 2 N–H and O–H groups in total. The molecule has 1 heterocycles. The average molecular weight is 290 g/mol. The molecular weight excluding hydrogens is 268 g/mol.